The fraction of sp³-hybridized carbons (Fsp3) is 0.500. The highest BCUT2D eigenvalue weighted by atomic mass is 19.4. The molecule has 23 heavy (non-hydrogen) atoms. The number of likely N-dealkylation sites (tertiary alicyclic amines) is 1. The average molecular weight is 328 g/mol. The number of nitrogens with zero attached hydrogens (tertiary/aromatic N) is 1. The topological polar surface area (TPSA) is 49.4 Å². The van der Waals surface area contributed by atoms with E-state index in [4.69, 9.17) is 0 Å². The second-order valence-electron chi connectivity index (χ2n) is 5.55. The van der Waals surface area contributed by atoms with Crippen LogP contribution in [0.2, 0.25) is 0 Å². The molecule has 1 N–H and O–H groups in total. The standard InChI is InChI=1S/C16H19F3N2O2/c17-16(18,19)13-7-5-12(6-8-13)15(23)20-11-14(22)21-9-3-1-2-4-10-21/h5-8H,1-4,9-11H2,(H,20,23). The highest BCUT2D eigenvalue weighted by molar-refractivity contribution is 5.96. The molecule has 0 atom stereocenters. The highest BCUT2D eigenvalue weighted by Crippen LogP contribution is 2.29. The van der Waals surface area contributed by atoms with Crippen molar-refractivity contribution in [1.82, 2.24) is 10.2 Å². The van der Waals surface area contributed by atoms with Gasteiger partial charge in [0.1, 0.15) is 0 Å². The maximum atomic E-state index is 12.5. The van der Waals surface area contributed by atoms with Gasteiger partial charge in [0.15, 0.2) is 0 Å². The summed E-state index contributed by atoms with van der Waals surface area (Å²) in [5.41, 5.74) is -0.712. The van der Waals surface area contributed by atoms with Gasteiger partial charge in [0, 0.05) is 18.7 Å². The maximum Gasteiger partial charge on any atom is 0.416 e. The monoisotopic (exact) mass is 328 g/mol. The minimum absolute atomic E-state index is 0.0988. The lowest BCUT2D eigenvalue weighted by molar-refractivity contribution is -0.137. The van der Waals surface area contributed by atoms with Gasteiger partial charge in [-0.25, -0.2) is 0 Å². The lowest BCUT2D eigenvalue weighted by Crippen LogP contribution is -2.40. The van der Waals surface area contributed by atoms with E-state index in [0.717, 1.165) is 49.9 Å². The van der Waals surface area contributed by atoms with Gasteiger partial charge in [-0.2, -0.15) is 13.2 Å². The smallest absolute Gasteiger partial charge is 0.343 e. The number of amides is 2. The number of carbonyl (C=O) groups is 2. The summed E-state index contributed by atoms with van der Waals surface area (Å²) in [5, 5.41) is 2.46. The first kappa shape index (κ1) is 17.3. The SMILES string of the molecule is O=C(NCC(=O)N1CCCCCC1)c1ccc(C(F)(F)F)cc1. The molecule has 2 rings (SSSR count). The third kappa shape index (κ3) is 4.97. The van der Waals surface area contributed by atoms with Crippen LogP contribution in [0.5, 0.6) is 0 Å². The number of alkyl halides is 3. The molecule has 0 bridgehead atoms. The number of benzene rings is 1. The minimum atomic E-state index is -4.43. The van der Waals surface area contributed by atoms with Gasteiger partial charge in [-0.05, 0) is 37.1 Å². The Hall–Kier alpha value is -2.05. The molecule has 2 amide bonds. The fourth-order valence-corrected chi connectivity index (χ4v) is 2.50. The summed E-state index contributed by atoms with van der Waals surface area (Å²) < 4.78 is 37.4. The Kier molecular flexibility index (Phi) is 5.63. The lowest BCUT2D eigenvalue weighted by Gasteiger charge is -2.20. The van der Waals surface area contributed by atoms with Crippen molar-refractivity contribution in [1.29, 1.82) is 0 Å². The summed E-state index contributed by atoms with van der Waals surface area (Å²) in [5.74, 6) is -0.714. The Labute approximate surface area is 132 Å². The van der Waals surface area contributed by atoms with Crippen LogP contribution in [0.15, 0.2) is 24.3 Å². The Morgan fingerprint density at radius 3 is 2.09 bits per heavy atom. The van der Waals surface area contributed by atoms with Gasteiger partial charge in [-0.15, -0.1) is 0 Å². The van der Waals surface area contributed by atoms with Gasteiger partial charge in [0.25, 0.3) is 5.91 Å². The quantitative estimate of drug-likeness (QED) is 0.927. The van der Waals surface area contributed by atoms with Crippen molar-refractivity contribution in [3.05, 3.63) is 35.4 Å². The van der Waals surface area contributed by atoms with E-state index in [1.165, 1.54) is 0 Å². The Bertz CT molecular complexity index is 547. The first-order chi connectivity index (χ1) is 10.9. The van der Waals surface area contributed by atoms with Crippen LogP contribution in [0.25, 0.3) is 0 Å². The van der Waals surface area contributed by atoms with E-state index in [2.05, 4.69) is 5.32 Å². The van der Waals surface area contributed by atoms with E-state index in [0.29, 0.717) is 13.1 Å². The molecule has 0 aromatic heterocycles. The number of carbonyl (C=O) groups excluding carboxylic acids is 2. The average Bonchev–Trinajstić information content (AvgIpc) is 2.81. The molecule has 1 fully saturated rings. The van der Waals surface area contributed by atoms with Crippen LogP contribution in [0.3, 0.4) is 0 Å². The van der Waals surface area contributed by atoms with Crippen molar-refractivity contribution in [2.24, 2.45) is 0 Å². The number of hydrogen-bond acceptors (Lipinski definition) is 2. The van der Waals surface area contributed by atoms with E-state index < -0.39 is 17.6 Å². The molecular formula is C16H19F3N2O2. The zero-order valence-electron chi connectivity index (χ0n) is 12.7. The molecule has 0 radical (unpaired) electrons. The number of halogens is 3. The van der Waals surface area contributed by atoms with Gasteiger partial charge in [0.05, 0.1) is 12.1 Å². The van der Waals surface area contributed by atoms with Crippen LogP contribution < -0.4 is 5.32 Å². The van der Waals surface area contributed by atoms with Crippen molar-refractivity contribution in [3.8, 4) is 0 Å². The summed E-state index contributed by atoms with van der Waals surface area (Å²) in [4.78, 5) is 25.7. The maximum absolute atomic E-state index is 12.5. The molecule has 1 heterocycles. The second kappa shape index (κ2) is 7.48. The third-order valence-electron chi connectivity index (χ3n) is 3.83. The number of nitrogens with one attached hydrogen (secondary N) is 1. The first-order valence-electron chi connectivity index (χ1n) is 7.61. The normalized spacial score (nSPS) is 15.9. The van der Waals surface area contributed by atoms with E-state index in [1.54, 1.807) is 4.90 Å². The van der Waals surface area contributed by atoms with Gasteiger partial charge in [0.2, 0.25) is 5.91 Å². The van der Waals surface area contributed by atoms with Crippen molar-refractivity contribution >= 4 is 11.8 Å². The molecule has 1 aliphatic heterocycles. The molecule has 0 saturated carbocycles. The second-order valence-corrected chi connectivity index (χ2v) is 5.55. The van der Waals surface area contributed by atoms with Crippen LogP contribution in [-0.2, 0) is 11.0 Å². The number of rotatable bonds is 3. The van der Waals surface area contributed by atoms with Crippen molar-refractivity contribution < 1.29 is 22.8 Å². The molecule has 1 saturated heterocycles. The molecule has 1 aliphatic rings. The highest BCUT2D eigenvalue weighted by Gasteiger charge is 2.30. The summed E-state index contributed by atoms with van der Waals surface area (Å²) in [7, 11) is 0. The van der Waals surface area contributed by atoms with Crippen LogP contribution in [-0.4, -0.2) is 36.3 Å². The molecule has 126 valence electrons. The summed E-state index contributed by atoms with van der Waals surface area (Å²) in [6.07, 6.45) is -0.321. The zero-order valence-corrected chi connectivity index (χ0v) is 12.7. The Morgan fingerprint density at radius 1 is 1.00 bits per heavy atom. The van der Waals surface area contributed by atoms with Gasteiger partial charge >= 0.3 is 6.18 Å². The van der Waals surface area contributed by atoms with E-state index in [1.807, 2.05) is 0 Å². The largest absolute Gasteiger partial charge is 0.416 e. The molecule has 4 nitrogen and oxygen atoms in total. The van der Waals surface area contributed by atoms with Gasteiger partial charge in [-0.1, -0.05) is 12.8 Å². The Balaban J connectivity index is 1.87. The van der Waals surface area contributed by atoms with Crippen molar-refractivity contribution in [2.45, 2.75) is 31.9 Å². The first-order valence-corrected chi connectivity index (χ1v) is 7.61. The van der Waals surface area contributed by atoms with Gasteiger partial charge < -0.3 is 10.2 Å². The minimum Gasteiger partial charge on any atom is -0.343 e. The summed E-state index contributed by atoms with van der Waals surface area (Å²) in [6, 6.07) is 3.92. The van der Waals surface area contributed by atoms with Crippen LogP contribution in [0, 0.1) is 0 Å². The van der Waals surface area contributed by atoms with Crippen LogP contribution >= 0.6 is 0 Å². The predicted molar refractivity (Wildman–Crippen MR) is 78.8 cm³/mol. The lowest BCUT2D eigenvalue weighted by atomic mass is 10.1. The van der Waals surface area contributed by atoms with Gasteiger partial charge in [-0.3, -0.25) is 9.59 Å². The molecule has 1 aromatic carbocycles. The summed E-state index contributed by atoms with van der Waals surface area (Å²) in [6.45, 7) is 1.24. The molecule has 1 aromatic rings. The summed E-state index contributed by atoms with van der Waals surface area (Å²) >= 11 is 0. The van der Waals surface area contributed by atoms with Crippen LogP contribution in [0.4, 0.5) is 13.2 Å². The Morgan fingerprint density at radius 2 is 1.57 bits per heavy atom. The van der Waals surface area contributed by atoms with Crippen LogP contribution in [0.1, 0.15) is 41.6 Å². The van der Waals surface area contributed by atoms with Crippen molar-refractivity contribution in [3.63, 3.8) is 0 Å². The molecule has 0 spiro atoms. The van der Waals surface area contributed by atoms with E-state index in [-0.39, 0.29) is 18.0 Å². The fourth-order valence-electron chi connectivity index (χ4n) is 2.50. The van der Waals surface area contributed by atoms with E-state index in [9.17, 15) is 22.8 Å². The molecule has 0 aliphatic carbocycles. The molecular weight excluding hydrogens is 309 g/mol. The van der Waals surface area contributed by atoms with Crippen molar-refractivity contribution in [2.75, 3.05) is 19.6 Å². The molecule has 7 heteroatoms. The zero-order chi connectivity index (χ0) is 16.9. The predicted octanol–water partition coefficient (Wildman–Crippen LogP) is 2.84. The van der Waals surface area contributed by atoms with E-state index >= 15 is 0 Å². The third-order valence-corrected chi connectivity index (χ3v) is 3.83. The number of hydrogen-bond donors (Lipinski definition) is 1. The molecule has 0 unspecified atom stereocenters.